The first-order chi connectivity index (χ1) is 9.16. The van der Waals surface area contributed by atoms with Gasteiger partial charge in [-0.2, -0.15) is 0 Å². The molecule has 0 radical (unpaired) electrons. The van der Waals surface area contributed by atoms with Gasteiger partial charge in [-0.25, -0.2) is 0 Å². The molecule has 0 heterocycles. The van der Waals surface area contributed by atoms with Crippen LogP contribution in [0.1, 0.15) is 25.0 Å². The van der Waals surface area contributed by atoms with Crippen LogP contribution in [0.2, 0.25) is 0 Å². The van der Waals surface area contributed by atoms with E-state index in [-0.39, 0.29) is 0 Å². The molecule has 0 atom stereocenters. The fourth-order valence-electron chi connectivity index (χ4n) is 1.92. The van der Waals surface area contributed by atoms with Crippen molar-refractivity contribution in [2.75, 3.05) is 0 Å². The van der Waals surface area contributed by atoms with Crippen LogP contribution in [-0.2, 0) is 6.54 Å². The lowest BCUT2D eigenvalue weighted by Gasteiger charge is -2.15. The Morgan fingerprint density at radius 3 is 2.42 bits per heavy atom. The fourth-order valence-corrected chi connectivity index (χ4v) is 1.92. The molecule has 100 valence electrons. The molecule has 2 aromatic carbocycles. The van der Waals surface area contributed by atoms with Crippen LogP contribution in [0.15, 0.2) is 48.5 Å². The van der Waals surface area contributed by atoms with E-state index < -0.39 is 0 Å². The summed E-state index contributed by atoms with van der Waals surface area (Å²) in [5.74, 6) is 1.80. The highest BCUT2D eigenvalue weighted by Gasteiger charge is 2.08. The summed E-state index contributed by atoms with van der Waals surface area (Å²) in [5, 5.41) is 3.45. The molecule has 0 aliphatic heterocycles. The lowest BCUT2D eigenvalue weighted by atomic mass is 10.1. The number of hydrogen-bond donors (Lipinski definition) is 1. The fraction of sp³-hybridized carbons (Fsp3) is 0.294. The van der Waals surface area contributed by atoms with Crippen molar-refractivity contribution in [3.05, 3.63) is 59.7 Å². The van der Waals surface area contributed by atoms with E-state index in [2.05, 4.69) is 32.2 Å². The summed E-state index contributed by atoms with van der Waals surface area (Å²) >= 11 is 0. The number of benzene rings is 2. The molecule has 2 aromatic rings. The summed E-state index contributed by atoms with van der Waals surface area (Å²) in [6, 6.07) is 16.5. The maximum absolute atomic E-state index is 5.98. The van der Waals surface area contributed by atoms with Crippen LogP contribution in [0.5, 0.6) is 11.5 Å². The van der Waals surface area contributed by atoms with Gasteiger partial charge in [0, 0.05) is 18.2 Å². The minimum absolute atomic E-state index is 0.462. The molecule has 2 heteroatoms. The van der Waals surface area contributed by atoms with E-state index in [1.807, 2.05) is 42.5 Å². The topological polar surface area (TPSA) is 21.3 Å². The van der Waals surface area contributed by atoms with Crippen molar-refractivity contribution >= 4 is 0 Å². The number of rotatable bonds is 5. The Kier molecular flexibility index (Phi) is 4.58. The molecule has 1 N–H and O–H groups in total. The molecule has 2 nitrogen and oxygen atoms in total. The first-order valence-electron chi connectivity index (χ1n) is 6.71. The van der Waals surface area contributed by atoms with Crippen LogP contribution in [0.25, 0.3) is 0 Å². The van der Waals surface area contributed by atoms with E-state index in [1.165, 1.54) is 11.1 Å². The lowest BCUT2D eigenvalue weighted by molar-refractivity contribution is 0.468. The lowest BCUT2D eigenvalue weighted by Crippen LogP contribution is -2.22. The van der Waals surface area contributed by atoms with Gasteiger partial charge in [-0.05, 0) is 30.7 Å². The second kappa shape index (κ2) is 6.39. The van der Waals surface area contributed by atoms with Crippen molar-refractivity contribution in [2.45, 2.75) is 33.4 Å². The highest BCUT2D eigenvalue weighted by molar-refractivity contribution is 5.42. The van der Waals surface area contributed by atoms with E-state index in [0.717, 1.165) is 18.0 Å². The van der Waals surface area contributed by atoms with Gasteiger partial charge < -0.3 is 10.1 Å². The molecule has 0 bridgehead atoms. The summed E-state index contributed by atoms with van der Waals surface area (Å²) in [6.07, 6.45) is 0. The largest absolute Gasteiger partial charge is 0.457 e. The third-order valence-corrected chi connectivity index (χ3v) is 3.03. The zero-order valence-corrected chi connectivity index (χ0v) is 11.8. The molecule has 0 saturated heterocycles. The van der Waals surface area contributed by atoms with E-state index >= 15 is 0 Å². The van der Waals surface area contributed by atoms with Crippen molar-refractivity contribution in [1.29, 1.82) is 0 Å². The molecule has 0 unspecified atom stereocenters. The SMILES string of the molecule is Cc1cccc(Oc2ccccc2)c1CNC(C)C. The number of para-hydroxylation sites is 1. The van der Waals surface area contributed by atoms with Gasteiger partial charge in [0.25, 0.3) is 0 Å². The second-order valence-electron chi connectivity index (χ2n) is 5.00. The number of nitrogens with one attached hydrogen (secondary N) is 1. The zero-order valence-electron chi connectivity index (χ0n) is 11.8. The Labute approximate surface area is 115 Å². The van der Waals surface area contributed by atoms with Crippen LogP contribution >= 0.6 is 0 Å². The summed E-state index contributed by atoms with van der Waals surface area (Å²) in [5.41, 5.74) is 2.47. The highest BCUT2D eigenvalue weighted by atomic mass is 16.5. The summed E-state index contributed by atoms with van der Waals surface area (Å²) in [7, 11) is 0. The Morgan fingerprint density at radius 2 is 1.74 bits per heavy atom. The Hall–Kier alpha value is -1.80. The molecule has 0 fully saturated rings. The van der Waals surface area contributed by atoms with Crippen molar-refractivity contribution in [3.8, 4) is 11.5 Å². The molecule has 0 spiro atoms. The molecule has 2 rings (SSSR count). The number of hydrogen-bond acceptors (Lipinski definition) is 2. The quantitative estimate of drug-likeness (QED) is 0.860. The standard InChI is InChI=1S/C17H21NO/c1-13(2)18-12-16-14(3)8-7-11-17(16)19-15-9-5-4-6-10-15/h4-11,13,18H,12H2,1-3H3. The molecule has 19 heavy (non-hydrogen) atoms. The summed E-state index contributed by atoms with van der Waals surface area (Å²) in [6.45, 7) is 7.24. The molecule has 0 aromatic heterocycles. The van der Waals surface area contributed by atoms with Crippen LogP contribution in [0.4, 0.5) is 0 Å². The number of ether oxygens (including phenoxy) is 1. The molecular formula is C17H21NO. The third-order valence-electron chi connectivity index (χ3n) is 3.03. The van der Waals surface area contributed by atoms with E-state index in [9.17, 15) is 0 Å². The molecule has 0 aliphatic carbocycles. The van der Waals surface area contributed by atoms with Crippen molar-refractivity contribution in [3.63, 3.8) is 0 Å². The van der Waals surface area contributed by atoms with Gasteiger partial charge in [-0.1, -0.05) is 44.2 Å². The first kappa shape index (κ1) is 13.6. The van der Waals surface area contributed by atoms with Gasteiger partial charge in [0.2, 0.25) is 0 Å². The van der Waals surface area contributed by atoms with Gasteiger partial charge in [-0.15, -0.1) is 0 Å². The van der Waals surface area contributed by atoms with Crippen LogP contribution < -0.4 is 10.1 Å². The monoisotopic (exact) mass is 255 g/mol. The average molecular weight is 255 g/mol. The van der Waals surface area contributed by atoms with Crippen molar-refractivity contribution in [1.82, 2.24) is 5.32 Å². The molecule has 0 saturated carbocycles. The third kappa shape index (κ3) is 3.83. The van der Waals surface area contributed by atoms with Gasteiger partial charge in [-0.3, -0.25) is 0 Å². The predicted molar refractivity (Wildman–Crippen MR) is 79.7 cm³/mol. The van der Waals surface area contributed by atoms with Crippen LogP contribution in [-0.4, -0.2) is 6.04 Å². The minimum atomic E-state index is 0.462. The van der Waals surface area contributed by atoms with Crippen LogP contribution in [0.3, 0.4) is 0 Å². The maximum Gasteiger partial charge on any atom is 0.132 e. The zero-order chi connectivity index (χ0) is 13.7. The van der Waals surface area contributed by atoms with Crippen molar-refractivity contribution in [2.24, 2.45) is 0 Å². The molecular weight excluding hydrogens is 234 g/mol. The minimum Gasteiger partial charge on any atom is -0.457 e. The molecule has 0 amide bonds. The smallest absolute Gasteiger partial charge is 0.132 e. The van der Waals surface area contributed by atoms with Crippen molar-refractivity contribution < 1.29 is 4.74 Å². The van der Waals surface area contributed by atoms with Gasteiger partial charge in [0.15, 0.2) is 0 Å². The average Bonchev–Trinajstić information content (AvgIpc) is 2.39. The summed E-state index contributed by atoms with van der Waals surface area (Å²) in [4.78, 5) is 0. The summed E-state index contributed by atoms with van der Waals surface area (Å²) < 4.78 is 5.98. The van der Waals surface area contributed by atoms with E-state index in [4.69, 9.17) is 4.74 Å². The van der Waals surface area contributed by atoms with E-state index in [1.54, 1.807) is 0 Å². The van der Waals surface area contributed by atoms with Gasteiger partial charge >= 0.3 is 0 Å². The van der Waals surface area contributed by atoms with Gasteiger partial charge in [0.05, 0.1) is 0 Å². The van der Waals surface area contributed by atoms with E-state index in [0.29, 0.717) is 6.04 Å². The van der Waals surface area contributed by atoms with Gasteiger partial charge in [0.1, 0.15) is 11.5 Å². The predicted octanol–water partition coefficient (Wildman–Crippen LogP) is 4.29. The van der Waals surface area contributed by atoms with Crippen LogP contribution in [0, 0.1) is 6.92 Å². The molecule has 0 aliphatic rings. The second-order valence-corrected chi connectivity index (χ2v) is 5.00. The maximum atomic E-state index is 5.98. The normalized spacial score (nSPS) is 10.7. The Balaban J connectivity index is 2.22. The Morgan fingerprint density at radius 1 is 1.00 bits per heavy atom. The number of aryl methyl sites for hydroxylation is 1. The highest BCUT2D eigenvalue weighted by Crippen LogP contribution is 2.27. The Bertz CT molecular complexity index is 520. The first-order valence-corrected chi connectivity index (χ1v) is 6.71.